The summed E-state index contributed by atoms with van der Waals surface area (Å²) in [6.45, 7) is 1.74. The zero-order chi connectivity index (χ0) is 16.1. The van der Waals surface area contributed by atoms with Crippen LogP contribution in [0.4, 0.5) is 5.69 Å². The number of nitrogens with one attached hydrogen (secondary N) is 1. The molecule has 1 aliphatic heterocycles. The second kappa shape index (κ2) is 5.18. The maximum atomic E-state index is 12.6. The van der Waals surface area contributed by atoms with Crippen LogP contribution in [0.1, 0.15) is 24.8 Å². The summed E-state index contributed by atoms with van der Waals surface area (Å²) < 4.78 is 0. The lowest BCUT2D eigenvalue weighted by molar-refractivity contribution is -0.143. The first-order valence-electron chi connectivity index (χ1n) is 8.27. The third kappa shape index (κ3) is 2.18. The van der Waals surface area contributed by atoms with Crippen LogP contribution in [-0.2, 0) is 14.4 Å². The maximum absolute atomic E-state index is 12.6. The van der Waals surface area contributed by atoms with E-state index in [-0.39, 0.29) is 36.1 Å². The Bertz CT molecular complexity index is 671. The van der Waals surface area contributed by atoms with Crippen LogP contribution in [0.3, 0.4) is 0 Å². The molecule has 5 nitrogen and oxygen atoms in total. The number of nitrogens with zero attached hydrogens (tertiary/aromatic N) is 1. The molecule has 3 fully saturated rings. The maximum Gasteiger partial charge on any atom is 0.244 e. The van der Waals surface area contributed by atoms with Gasteiger partial charge in [0.05, 0.1) is 11.8 Å². The molecule has 1 heterocycles. The SMILES string of the molecule is Cc1ccccc1NC(=O)CN1C(=O)C2C(C1=O)[C@H]1CC[C@@H]2C1. The molecule has 3 aliphatic rings. The van der Waals surface area contributed by atoms with Crippen molar-refractivity contribution in [3.05, 3.63) is 29.8 Å². The van der Waals surface area contributed by atoms with Crippen molar-refractivity contribution in [2.45, 2.75) is 26.2 Å². The molecule has 1 N–H and O–H groups in total. The smallest absolute Gasteiger partial charge is 0.244 e. The van der Waals surface area contributed by atoms with Crippen molar-refractivity contribution in [2.75, 3.05) is 11.9 Å². The molecule has 1 aromatic carbocycles. The molecular formula is C18H20N2O3. The summed E-state index contributed by atoms with van der Waals surface area (Å²) >= 11 is 0. The fourth-order valence-electron chi connectivity index (χ4n) is 4.67. The van der Waals surface area contributed by atoms with Gasteiger partial charge < -0.3 is 5.32 Å². The first-order chi connectivity index (χ1) is 11.1. The fourth-order valence-corrected chi connectivity index (χ4v) is 4.67. The molecule has 120 valence electrons. The Morgan fingerprint density at radius 1 is 1.13 bits per heavy atom. The van der Waals surface area contributed by atoms with Crippen molar-refractivity contribution >= 4 is 23.4 Å². The number of aryl methyl sites for hydroxylation is 1. The Kier molecular flexibility index (Phi) is 3.25. The number of likely N-dealkylation sites (tertiary alicyclic amines) is 1. The summed E-state index contributed by atoms with van der Waals surface area (Å²) in [5.74, 6) is -0.190. The Labute approximate surface area is 135 Å². The highest BCUT2D eigenvalue weighted by atomic mass is 16.2. The van der Waals surface area contributed by atoms with Gasteiger partial charge in [-0.05, 0) is 49.7 Å². The van der Waals surface area contributed by atoms with E-state index in [9.17, 15) is 14.4 Å². The van der Waals surface area contributed by atoms with Gasteiger partial charge in [-0.2, -0.15) is 0 Å². The quantitative estimate of drug-likeness (QED) is 0.868. The van der Waals surface area contributed by atoms with Crippen molar-refractivity contribution in [1.82, 2.24) is 4.90 Å². The molecule has 2 saturated carbocycles. The molecule has 4 rings (SSSR count). The first kappa shape index (κ1) is 14.4. The Morgan fingerprint density at radius 2 is 1.74 bits per heavy atom. The van der Waals surface area contributed by atoms with Crippen LogP contribution < -0.4 is 5.32 Å². The third-order valence-electron chi connectivity index (χ3n) is 5.74. The molecule has 2 unspecified atom stereocenters. The Balaban J connectivity index is 1.47. The summed E-state index contributed by atoms with van der Waals surface area (Å²) in [4.78, 5) is 38.6. The molecule has 5 heteroatoms. The minimum Gasteiger partial charge on any atom is -0.324 e. The monoisotopic (exact) mass is 312 g/mol. The zero-order valence-electron chi connectivity index (χ0n) is 13.1. The minimum absolute atomic E-state index is 0.132. The van der Waals surface area contributed by atoms with E-state index in [2.05, 4.69) is 5.32 Å². The largest absolute Gasteiger partial charge is 0.324 e. The van der Waals surface area contributed by atoms with Crippen molar-refractivity contribution in [1.29, 1.82) is 0 Å². The normalized spacial score (nSPS) is 31.6. The van der Waals surface area contributed by atoms with Crippen molar-refractivity contribution < 1.29 is 14.4 Å². The highest BCUT2D eigenvalue weighted by Gasteiger charge is 2.60. The number of carbonyl (C=O) groups excluding carboxylic acids is 3. The van der Waals surface area contributed by atoms with E-state index in [1.165, 1.54) is 4.90 Å². The van der Waals surface area contributed by atoms with E-state index in [1.54, 1.807) is 0 Å². The van der Waals surface area contributed by atoms with E-state index in [1.807, 2.05) is 31.2 Å². The highest BCUT2D eigenvalue weighted by Crippen LogP contribution is 2.56. The fraction of sp³-hybridized carbons (Fsp3) is 0.500. The zero-order valence-corrected chi connectivity index (χ0v) is 13.1. The third-order valence-corrected chi connectivity index (χ3v) is 5.74. The Morgan fingerprint density at radius 3 is 2.35 bits per heavy atom. The summed E-state index contributed by atoms with van der Waals surface area (Å²) in [6.07, 6.45) is 3.11. The van der Waals surface area contributed by atoms with Crippen molar-refractivity contribution in [2.24, 2.45) is 23.7 Å². The topological polar surface area (TPSA) is 66.5 Å². The molecule has 23 heavy (non-hydrogen) atoms. The molecule has 0 spiro atoms. The van der Waals surface area contributed by atoms with E-state index in [0.717, 1.165) is 30.5 Å². The van der Waals surface area contributed by atoms with Crippen LogP contribution in [0.5, 0.6) is 0 Å². The van der Waals surface area contributed by atoms with E-state index < -0.39 is 0 Å². The second-order valence-electron chi connectivity index (χ2n) is 7.01. The average molecular weight is 312 g/mol. The summed E-state index contributed by atoms with van der Waals surface area (Å²) in [6, 6.07) is 7.46. The lowest BCUT2D eigenvalue weighted by atomic mass is 9.81. The first-order valence-corrected chi connectivity index (χ1v) is 8.27. The minimum atomic E-state index is -0.312. The number of para-hydroxylation sites is 1. The van der Waals surface area contributed by atoms with Gasteiger partial charge in [-0.15, -0.1) is 0 Å². The molecule has 4 atom stereocenters. The number of imide groups is 1. The molecule has 0 radical (unpaired) electrons. The second-order valence-corrected chi connectivity index (χ2v) is 7.01. The van der Waals surface area contributed by atoms with Gasteiger partial charge in [0.15, 0.2) is 0 Å². The van der Waals surface area contributed by atoms with Crippen molar-refractivity contribution in [3.8, 4) is 0 Å². The lowest BCUT2D eigenvalue weighted by Crippen LogP contribution is -2.39. The number of carbonyl (C=O) groups is 3. The molecule has 0 aromatic heterocycles. The van der Waals surface area contributed by atoms with Gasteiger partial charge in [0.25, 0.3) is 0 Å². The van der Waals surface area contributed by atoms with Crippen molar-refractivity contribution in [3.63, 3.8) is 0 Å². The average Bonchev–Trinajstić information content (AvgIpc) is 3.19. The highest BCUT2D eigenvalue weighted by molar-refractivity contribution is 6.09. The lowest BCUT2D eigenvalue weighted by Gasteiger charge is -2.19. The molecule has 1 aromatic rings. The van der Waals surface area contributed by atoms with Gasteiger partial charge >= 0.3 is 0 Å². The van der Waals surface area contributed by atoms with Crippen LogP contribution in [-0.4, -0.2) is 29.2 Å². The number of rotatable bonds is 3. The molecule has 1 saturated heterocycles. The van der Waals surface area contributed by atoms with Gasteiger partial charge in [-0.3, -0.25) is 19.3 Å². The molecule has 2 bridgehead atoms. The van der Waals surface area contributed by atoms with Gasteiger partial charge in [0, 0.05) is 5.69 Å². The Hall–Kier alpha value is -2.17. The van der Waals surface area contributed by atoms with Gasteiger partial charge in [-0.25, -0.2) is 0 Å². The standard InChI is InChI=1S/C18H20N2O3/c1-10-4-2-3-5-13(10)19-14(21)9-20-17(22)15-11-6-7-12(8-11)16(15)18(20)23/h2-5,11-12,15-16H,6-9H2,1H3,(H,19,21)/t11-,12+,15?,16?. The number of hydrogen-bond donors (Lipinski definition) is 1. The summed E-state index contributed by atoms with van der Waals surface area (Å²) in [5.41, 5.74) is 1.67. The van der Waals surface area contributed by atoms with Gasteiger partial charge in [-0.1, -0.05) is 18.2 Å². The number of hydrogen-bond acceptors (Lipinski definition) is 3. The van der Waals surface area contributed by atoms with Crippen LogP contribution in [0.25, 0.3) is 0 Å². The summed E-state index contributed by atoms with van der Waals surface area (Å²) in [5, 5.41) is 2.80. The molecule has 2 aliphatic carbocycles. The van der Waals surface area contributed by atoms with E-state index in [4.69, 9.17) is 0 Å². The number of amides is 3. The van der Waals surface area contributed by atoms with Crippen LogP contribution in [0, 0.1) is 30.6 Å². The summed E-state index contributed by atoms with van der Waals surface area (Å²) in [7, 11) is 0. The van der Waals surface area contributed by atoms with Crippen LogP contribution >= 0.6 is 0 Å². The van der Waals surface area contributed by atoms with Gasteiger partial charge in [0.1, 0.15) is 6.54 Å². The van der Waals surface area contributed by atoms with Crippen LogP contribution in [0.15, 0.2) is 24.3 Å². The number of fused-ring (bicyclic) bond motifs is 5. The van der Waals surface area contributed by atoms with E-state index in [0.29, 0.717) is 11.8 Å². The number of benzene rings is 1. The van der Waals surface area contributed by atoms with E-state index >= 15 is 0 Å². The van der Waals surface area contributed by atoms with Gasteiger partial charge in [0.2, 0.25) is 17.7 Å². The molecule has 3 amide bonds. The predicted molar refractivity (Wildman–Crippen MR) is 84.3 cm³/mol. The predicted octanol–water partition coefficient (Wildman–Crippen LogP) is 1.96. The number of anilines is 1. The molecular weight excluding hydrogens is 292 g/mol. The van der Waals surface area contributed by atoms with Crippen LogP contribution in [0.2, 0.25) is 0 Å².